The van der Waals surface area contributed by atoms with Crippen LogP contribution < -0.4 is 0 Å². The zero-order valence-electron chi connectivity index (χ0n) is 10.0. The summed E-state index contributed by atoms with van der Waals surface area (Å²) in [7, 11) is 2.50. The molecule has 1 aromatic carbocycles. The zero-order valence-corrected chi connectivity index (χ0v) is 10.8. The van der Waals surface area contributed by atoms with Crippen LogP contribution in [0.5, 0.6) is 0 Å². The third-order valence-corrected chi connectivity index (χ3v) is 3.58. The van der Waals surface area contributed by atoms with Gasteiger partial charge in [-0.05, 0) is 34.5 Å². The Hall–Kier alpha value is -1.88. The number of esters is 2. The predicted molar refractivity (Wildman–Crippen MR) is 68.6 cm³/mol. The first-order chi connectivity index (χ1) is 8.67. The molecule has 1 aromatic heterocycles. The molecule has 0 aliphatic rings. The van der Waals surface area contributed by atoms with Gasteiger partial charge in [0, 0.05) is 4.70 Å². The van der Waals surface area contributed by atoms with Crippen molar-refractivity contribution in [1.82, 2.24) is 0 Å². The maximum Gasteiger partial charge on any atom is 0.324 e. The molecule has 0 saturated heterocycles. The normalized spacial score (nSPS) is 10.6. The second-order valence-corrected chi connectivity index (χ2v) is 4.64. The molecule has 0 spiro atoms. The molecule has 4 nitrogen and oxygen atoms in total. The molecule has 0 saturated carbocycles. The summed E-state index contributed by atoms with van der Waals surface area (Å²) in [5, 5.41) is 2.95. The highest BCUT2D eigenvalue weighted by Gasteiger charge is 2.30. The quantitative estimate of drug-likeness (QED) is 0.630. The fourth-order valence-corrected chi connectivity index (χ4v) is 2.54. The first-order valence-electron chi connectivity index (χ1n) is 5.30. The van der Waals surface area contributed by atoms with Crippen LogP contribution in [-0.4, -0.2) is 26.2 Å². The summed E-state index contributed by atoms with van der Waals surface area (Å²) in [6.45, 7) is 0. The highest BCUT2D eigenvalue weighted by molar-refractivity contribution is 7.17. The number of benzene rings is 1. The molecule has 0 aliphatic carbocycles. The number of fused-ring (bicyclic) bond motifs is 1. The molecular weight excluding hydrogens is 252 g/mol. The van der Waals surface area contributed by atoms with E-state index < -0.39 is 17.9 Å². The third kappa shape index (κ3) is 2.22. The van der Waals surface area contributed by atoms with E-state index in [1.807, 2.05) is 23.6 Å². The van der Waals surface area contributed by atoms with Gasteiger partial charge in [0.2, 0.25) is 0 Å². The number of ether oxygens (including phenoxy) is 2. The molecule has 0 N–H and O–H groups in total. The molecule has 5 heteroatoms. The van der Waals surface area contributed by atoms with E-state index in [9.17, 15) is 9.59 Å². The molecule has 18 heavy (non-hydrogen) atoms. The van der Waals surface area contributed by atoms with Crippen molar-refractivity contribution in [1.29, 1.82) is 0 Å². The number of hydrogen-bond acceptors (Lipinski definition) is 5. The van der Waals surface area contributed by atoms with Gasteiger partial charge in [-0.15, -0.1) is 11.3 Å². The van der Waals surface area contributed by atoms with E-state index in [2.05, 4.69) is 9.47 Å². The van der Waals surface area contributed by atoms with Crippen LogP contribution in [0.4, 0.5) is 0 Å². The van der Waals surface area contributed by atoms with Crippen LogP contribution in [-0.2, 0) is 19.1 Å². The van der Waals surface area contributed by atoms with Crippen LogP contribution in [0.3, 0.4) is 0 Å². The first kappa shape index (κ1) is 12.6. The summed E-state index contributed by atoms with van der Waals surface area (Å²) in [4.78, 5) is 23.3. The molecule has 0 aliphatic heterocycles. The van der Waals surface area contributed by atoms with Crippen LogP contribution in [0.2, 0.25) is 0 Å². The number of rotatable bonds is 3. The molecular formula is C13H12O4S. The van der Waals surface area contributed by atoms with Gasteiger partial charge in [-0.2, -0.15) is 0 Å². The minimum absolute atomic E-state index is 0.583. The monoisotopic (exact) mass is 264 g/mol. The second-order valence-electron chi connectivity index (χ2n) is 3.70. The Morgan fingerprint density at radius 1 is 1.11 bits per heavy atom. The van der Waals surface area contributed by atoms with Gasteiger partial charge < -0.3 is 9.47 Å². The Balaban J connectivity index is 2.46. The van der Waals surface area contributed by atoms with Crippen molar-refractivity contribution in [3.63, 3.8) is 0 Å². The van der Waals surface area contributed by atoms with Gasteiger partial charge in [0.15, 0.2) is 5.92 Å². The van der Waals surface area contributed by atoms with Crippen molar-refractivity contribution in [2.24, 2.45) is 0 Å². The number of hydrogen-bond donors (Lipinski definition) is 0. The van der Waals surface area contributed by atoms with E-state index in [4.69, 9.17) is 0 Å². The standard InChI is InChI=1S/C13H12O4S/c1-16-12(14)11(13(15)17-2)9-3-4-10-8(7-9)5-6-18-10/h3-7,11H,1-2H3. The van der Waals surface area contributed by atoms with Gasteiger partial charge in [0.05, 0.1) is 14.2 Å². The smallest absolute Gasteiger partial charge is 0.324 e. The topological polar surface area (TPSA) is 52.6 Å². The summed E-state index contributed by atoms with van der Waals surface area (Å²) in [5.41, 5.74) is 0.583. The Labute approximate surface area is 108 Å². The zero-order chi connectivity index (χ0) is 13.1. The first-order valence-corrected chi connectivity index (χ1v) is 6.18. The summed E-state index contributed by atoms with van der Waals surface area (Å²) < 4.78 is 10.4. The molecule has 2 rings (SSSR count). The van der Waals surface area contributed by atoms with Crippen molar-refractivity contribution in [2.45, 2.75) is 5.92 Å². The maximum absolute atomic E-state index is 11.7. The maximum atomic E-state index is 11.7. The molecule has 0 radical (unpaired) electrons. The Bertz CT molecular complexity index is 571. The van der Waals surface area contributed by atoms with Gasteiger partial charge in [-0.1, -0.05) is 6.07 Å². The average molecular weight is 264 g/mol. The summed E-state index contributed by atoms with van der Waals surface area (Å²) >= 11 is 1.60. The van der Waals surface area contributed by atoms with E-state index in [0.29, 0.717) is 5.56 Å². The molecule has 0 atom stereocenters. The van der Waals surface area contributed by atoms with Crippen molar-refractivity contribution in [3.05, 3.63) is 35.2 Å². The number of carbonyl (C=O) groups is 2. The van der Waals surface area contributed by atoms with Gasteiger partial charge in [0.25, 0.3) is 0 Å². The molecule has 1 heterocycles. The lowest BCUT2D eigenvalue weighted by molar-refractivity contribution is -0.154. The molecule has 94 valence electrons. The highest BCUT2D eigenvalue weighted by atomic mass is 32.1. The summed E-state index contributed by atoms with van der Waals surface area (Å²) in [6, 6.07) is 7.38. The fourth-order valence-electron chi connectivity index (χ4n) is 1.77. The Morgan fingerprint density at radius 3 is 2.39 bits per heavy atom. The van der Waals surface area contributed by atoms with Crippen molar-refractivity contribution >= 4 is 33.4 Å². The summed E-state index contributed by atoms with van der Waals surface area (Å²) in [6.07, 6.45) is 0. The number of carbonyl (C=O) groups excluding carboxylic acids is 2. The van der Waals surface area contributed by atoms with Gasteiger partial charge in [0.1, 0.15) is 0 Å². The van der Waals surface area contributed by atoms with Crippen LogP contribution >= 0.6 is 11.3 Å². The lowest BCUT2D eigenvalue weighted by Crippen LogP contribution is -2.24. The fraction of sp³-hybridized carbons (Fsp3) is 0.231. The lowest BCUT2D eigenvalue weighted by atomic mass is 9.98. The van der Waals surface area contributed by atoms with Crippen molar-refractivity contribution < 1.29 is 19.1 Å². The lowest BCUT2D eigenvalue weighted by Gasteiger charge is -2.12. The van der Waals surface area contributed by atoms with E-state index in [0.717, 1.165) is 10.1 Å². The van der Waals surface area contributed by atoms with Gasteiger partial charge in [-0.3, -0.25) is 9.59 Å². The molecule has 2 aromatic rings. The Kier molecular flexibility index (Phi) is 3.62. The molecule has 0 unspecified atom stereocenters. The van der Waals surface area contributed by atoms with Crippen LogP contribution in [0.15, 0.2) is 29.6 Å². The number of thiophene rings is 1. The van der Waals surface area contributed by atoms with E-state index in [-0.39, 0.29) is 0 Å². The molecule has 0 fully saturated rings. The summed E-state index contributed by atoms with van der Waals surface area (Å²) in [5.74, 6) is -2.25. The third-order valence-electron chi connectivity index (χ3n) is 2.68. The van der Waals surface area contributed by atoms with E-state index >= 15 is 0 Å². The van der Waals surface area contributed by atoms with E-state index in [1.54, 1.807) is 17.4 Å². The van der Waals surface area contributed by atoms with Crippen LogP contribution in [0.25, 0.3) is 10.1 Å². The van der Waals surface area contributed by atoms with Crippen molar-refractivity contribution in [3.8, 4) is 0 Å². The van der Waals surface area contributed by atoms with Crippen LogP contribution in [0.1, 0.15) is 11.5 Å². The number of methoxy groups -OCH3 is 2. The van der Waals surface area contributed by atoms with Crippen molar-refractivity contribution in [2.75, 3.05) is 14.2 Å². The van der Waals surface area contributed by atoms with Crippen LogP contribution in [0, 0.1) is 0 Å². The largest absolute Gasteiger partial charge is 0.468 e. The minimum atomic E-state index is -1.02. The average Bonchev–Trinajstić information content (AvgIpc) is 2.85. The predicted octanol–water partition coefficient (Wildman–Crippen LogP) is 2.33. The molecule has 0 amide bonds. The second kappa shape index (κ2) is 5.18. The van der Waals surface area contributed by atoms with Gasteiger partial charge in [-0.25, -0.2) is 0 Å². The minimum Gasteiger partial charge on any atom is -0.468 e. The SMILES string of the molecule is COC(=O)C(C(=O)OC)c1ccc2sccc2c1. The highest BCUT2D eigenvalue weighted by Crippen LogP contribution is 2.26. The Morgan fingerprint density at radius 2 is 1.78 bits per heavy atom. The van der Waals surface area contributed by atoms with Gasteiger partial charge >= 0.3 is 11.9 Å². The van der Waals surface area contributed by atoms with E-state index in [1.165, 1.54) is 14.2 Å². The molecule has 0 bridgehead atoms.